The van der Waals surface area contributed by atoms with E-state index >= 15 is 0 Å². The van der Waals surface area contributed by atoms with Gasteiger partial charge in [-0.15, -0.1) is 0 Å². The topological polar surface area (TPSA) is 75.1 Å². The molecule has 0 spiro atoms. The zero-order valence-electron chi connectivity index (χ0n) is 21.6. The van der Waals surface area contributed by atoms with Crippen LogP contribution in [0.4, 0.5) is 0 Å². The fraction of sp³-hybridized carbons (Fsp3) is 0.630. The summed E-state index contributed by atoms with van der Waals surface area (Å²) in [6, 6.07) is 4.10. The molecule has 1 aromatic heterocycles. The molecule has 3 aliphatic heterocycles. The van der Waals surface area contributed by atoms with Gasteiger partial charge in [0.25, 0.3) is 5.91 Å². The van der Waals surface area contributed by atoms with E-state index in [4.69, 9.17) is 23.9 Å². The second-order valence-corrected chi connectivity index (χ2v) is 10.6. The van der Waals surface area contributed by atoms with Gasteiger partial charge in [-0.25, -0.2) is 4.98 Å². The molecule has 35 heavy (non-hydrogen) atoms. The highest BCUT2D eigenvalue weighted by Gasteiger charge is 2.39. The number of aromatic nitrogens is 2. The predicted molar refractivity (Wildman–Crippen MR) is 132 cm³/mol. The second kappa shape index (κ2) is 9.47. The second-order valence-electron chi connectivity index (χ2n) is 10.6. The fourth-order valence-electron chi connectivity index (χ4n) is 5.42. The van der Waals surface area contributed by atoms with Gasteiger partial charge in [0.15, 0.2) is 11.5 Å². The molecular weight excluding hydrogens is 446 g/mol. The molecule has 0 N–H and O–H groups in total. The van der Waals surface area contributed by atoms with E-state index in [2.05, 4.69) is 24.5 Å². The highest BCUT2D eigenvalue weighted by molar-refractivity contribution is 5.94. The summed E-state index contributed by atoms with van der Waals surface area (Å²) in [6.07, 6.45) is 4.44. The first-order chi connectivity index (χ1) is 16.8. The molecule has 190 valence electrons. The van der Waals surface area contributed by atoms with Gasteiger partial charge >= 0.3 is 0 Å². The first kappa shape index (κ1) is 24.1. The van der Waals surface area contributed by atoms with E-state index in [9.17, 15) is 4.79 Å². The summed E-state index contributed by atoms with van der Waals surface area (Å²) in [6.45, 7) is 10.4. The largest absolute Gasteiger partial charge is 0.493 e. The van der Waals surface area contributed by atoms with Crippen LogP contribution in [0.1, 0.15) is 80.6 Å². The van der Waals surface area contributed by atoms with Gasteiger partial charge in [-0.2, -0.15) is 0 Å². The van der Waals surface area contributed by atoms with Crippen molar-refractivity contribution in [1.29, 1.82) is 0 Å². The Morgan fingerprint density at radius 1 is 1.17 bits per heavy atom. The van der Waals surface area contributed by atoms with Crippen LogP contribution in [-0.2, 0) is 22.3 Å². The Labute approximate surface area is 207 Å². The van der Waals surface area contributed by atoms with Crippen LogP contribution in [0.5, 0.6) is 11.5 Å². The number of rotatable bonds is 5. The normalized spacial score (nSPS) is 21.4. The van der Waals surface area contributed by atoms with Crippen LogP contribution < -0.4 is 9.47 Å². The molecule has 1 amide bonds. The molecule has 5 rings (SSSR count). The number of nitrogens with zero attached hydrogens (tertiary/aromatic N) is 3. The lowest BCUT2D eigenvalue weighted by molar-refractivity contribution is -0.0373. The van der Waals surface area contributed by atoms with E-state index in [-0.39, 0.29) is 23.7 Å². The van der Waals surface area contributed by atoms with Crippen LogP contribution in [0, 0.1) is 0 Å². The summed E-state index contributed by atoms with van der Waals surface area (Å²) in [5.74, 6) is 2.21. The van der Waals surface area contributed by atoms with Crippen LogP contribution in [0.2, 0.25) is 0 Å². The van der Waals surface area contributed by atoms with Crippen molar-refractivity contribution in [2.75, 3.05) is 33.5 Å². The number of amides is 1. The number of fused-ring (bicyclic) bond motifs is 3. The average molecular weight is 484 g/mol. The quantitative estimate of drug-likeness (QED) is 0.633. The summed E-state index contributed by atoms with van der Waals surface area (Å²) < 4.78 is 25.8. The minimum absolute atomic E-state index is 0.00892. The van der Waals surface area contributed by atoms with Crippen molar-refractivity contribution in [3.63, 3.8) is 0 Å². The van der Waals surface area contributed by atoms with Crippen molar-refractivity contribution >= 4 is 5.91 Å². The number of carbonyl (C=O) groups excluding carboxylic acids is 1. The molecule has 2 saturated heterocycles. The summed E-state index contributed by atoms with van der Waals surface area (Å²) in [5, 5.41) is 0. The van der Waals surface area contributed by atoms with Crippen molar-refractivity contribution in [2.24, 2.45) is 0 Å². The minimum atomic E-state index is -0.383. The maximum atomic E-state index is 13.9. The first-order valence-corrected chi connectivity index (χ1v) is 12.8. The van der Waals surface area contributed by atoms with Crippen LogP contribution in [0.15, 0.2) is 12.1 Å². The molecule has 2 aromatic rings. The highest BCUT2D eigenvalue weighted by Crippen LogP contribution is 2.41. The van der Waals surface area contributed by atoms with Crippen molar-refractivity contribution in [2.45, 2.75) is 77.5 Å². The maximum Gasteiger partial charge on any atom is 0.274 e. The Morgan fingerprint density at radius 3 is 2.69 bits per heavy atom. The van der Waals surface area contributed by atoms with Gasteiger partial charge in [-0.05, 0) is 71.4 Å². The molecule has 1 aromatic carbocycles. The number of aryl methyl sites for hydroxylation is 1. The van der Waals surface area contributed by atoms with Crippen molar-refractivity contribution < 1.29 is 23.7 Å². The van der Waals surface area contributed by atoms with Gasteiger partial charge < -0.3 is 23.8 Å². The molecule has 3 aliphatic rings. The molecule has 1 unspecified atom stereocenters. The lowest BCUT2D eigenvalue weighted by Crippen LogP contribution is -2.55. The molecule has 8 nitrogen and oxygen atoms in total. The summed E-state index contributed by atoms with van der Waals surface area (Å²) in [4.78, 5) is 20.9. The van der Waals surface area contributed by atoms with Gasteiger partial charge in [-0.3, -0.25) is 9.36 Å². The van der Waals surface area contributed by atoms with Gasteiger partial charge in [0.05, 0.1) is 43.3 Å². The van der Waals surface area contributed by atoms with Gasteiger partial charge in [0.1, 0.15) is 17.6 Å². The minimum Gasteiger partial charge on any atom is -0.493 e. The molecule has 0 saturated carbocycles. The number of methoxy groups -OCH3 is 1. The molecule has 0 radical (unpaired) electrons. The smallest absolute Gasteiger partial charge is 0.274 e. The maximum absolute atomic E-state index is 13.9. The molecular formula is C27H37N3O5. The zero-order valence-corrected chi connectivity index (χ0v) is 21.6. The monoisotopic (exact) mass is 483 g/mol. The third-order valence-electron chi connectivity index (χ3n) is 7.16. The van der Waals surface area contributed by atoms with Crippen LogP contribution in [0.25, 0.3) is 5.69 Å². The molecule has 0 bridgehead atoms. The van der Waals surface area contributed by atoms with Gasteiger partial charge in [0.2, 0.25) is 0 Å². The SMILES string of the molecule is COc1cc2c(cc1OC(C)C)-n1c(C3CCCCO3)nc(C(=O)N3CCOCC3(C)C)c1CC2. The van der Waals surface area contributed by atoms with E-state index in [0.717, 1.165) is 60.6 Å². The van der Waals surface area contributed by atoms with Crippen molar-refractivity contribution in [3.8, 4) is 17.2 Å². The number of hydrogen-bond acceptors (Lipinski definition) is 6. The Morgan fingerprint density at radius 2 is 2.00 bits per heavy atom. The average Bonchev–Trinajstić information content (AvgIpc) is 3.23. The molecule has 4 heterocycles. The van der Waals surface area contributed by atoms with Crippen molar-refractivity contribution in [3.05, 3.63) is 34.9 Å². The first-order valence-electron chi connectivity index (χ1n) is 12.8. The summed E-state index contributed by atoms with van der Waals surface area (Å²) >= 11 is 0. The fourth-order valence-corrected chi connectivity index (χ4v) is 5.42. The van der Waals surface area contributed by atoms with E-state index in [1.54, 1.807) is 7.11 Å². The number of benzene rings is 1. The molecule has 8 heteroatoms. The number of carbonyl (C=O) groups is 1. The molecule has 0 aliphatic carbocycles. The van der Waals surface area contributed by atoms with E-state index in [1.165, 1.54) is 0 Å². The number of hydrogen-bond donors (Lipinski definition) is 0. The van der Waals surface area contributed by atoms with Crippen LogP contribution >= 0.6 is 0 Å². The van der Waals surface area contributed by atoms with Crippen LogP contribution in [0.3, 0.4) is 0 Å². The van der Waals surface area contributed by atoms with Gasteiger partial charge in [-0.1, -0.05) is 0 Å². The predicted octanol–water partition coefficient (Wildman–Crippen LogP) is 4.26. The lowest BCUT2D eigenvalue weighted by atomic mass is 9.97. The highest BCUT2D eigenvalue weighted by atomic mass is 16.5. The van der Waals surface area contributed by atoms with Gasteiger partial charge in [0, 0.05) is 19.2 Å². The Hall–Kier alpha value is -2.58. The van der Waals surface area contributed by atoms with E-state index in [1.807, 2.05) is 24.8 Å². The molecule has 1 atom stereocenters. The Bertz CT molecular complexity index is 1100. The zero-order chi connectivity index (χ0) is 24.7. The Kier molecular flexibility index (Phi) is 6.53. The van der Waals surface area contributed by atoms with Crippen LogP contribution in [-0.4, -0.2) is 65.5 Å². The summed E-state index contributed by atoms with van der Waals surface area (Å²) in [7, 11) is 1.67. The van der Waals surface area contributed by atoms with Crippen molar-refractivity contribution in [1.82, 2.24) is 14.5 Å². The lowest BCUT2D eigenvalue weighted by Gasteiger charge is -2.41. The standard InChI is InChI=1S/C27H37N3O5/c1-17(2)35-23-15-20-18(14-22(23)32-5)9-10-19-24(26(31)29-11-13-33-16-27(29,3)4)28-25(30(19)20)21-8-6-7-12-34-21/h14-15,17,21H,6-13,16H2,1-5H3. The summed E-state index contributed by atoms with van der Waals surface area (Å²) in [5.41, 5.74) is 3.27. The number of imidazole rings is 1. The number of ether oxygens (including phenoxy) is 4. The third kappa shape index (κ3) is 4.42. The molecule has 2 fully saturated rings. The van der Waals surface area contributed by atoms with E-state index in [0.29, 0.717) is 37.8 Å². The van der Waals surface area contributed by atoms with E-state index < -0.39 is 0 Å². The number of morpholine rings is 1. The Balaban J connectivity index is 1.65. The third-order valence-corrected chi connectivity index (χ3v) is 7.16.